The number of amides is 2. The first-order valence-electron chi connectivity index (χ1n) is 9.63. The second kappa shape index (κ2) is 6.15. The fraction of sp³-hybridized carbons (Fsp3) is 0.737. The third kappa shape index (κ3) is 2.75. The van der Waals surface area contributed by atoms with Gasteiger partial charge in [0.2, 0.25) is 5.91 Å². The highest BCUT2D eigenvalue weighted by Gasteiger charge is 2.41. The van der Waals surface area contributed by atoms with Crippen molar-refractivity contribution < 1.29 is 9.59 Å². The third-order valence-electron chi connectivity index (χ3n) is 6.32. The van der Waals surface area contributed by atoms with E-state index in [1.807, 2.05) is 16.8 Å². The Morgan fingerprint density at radius 3 is 2.32 bits per heavy atom. The van der Waals surface area contributed by atoms with E-state index < -0.39 is 0 Å². The normalized spacial score (nSPS) is 22.3. The summed E-state index contributed by atoms with van der Waals surface area (Å²) in [5, 5.41) is 4.49. The van der Waals surface area contributed by atoms with E-state index in [0.29, 0.717) is 18.8 Å². The molecule has 0 bridgehead atoms. The van der Waals surface area contributed by atoms with Crippen LogP contribution in [0.3, 0.4) is 0 Å². The molecule has 6 nitrogen and oxygen atoms in total. The molecule has 25 heavy (non-hydrogen) atoms. The lowest BCUT2D eigenvalue weighted by Gasteiger charge is -2.35. The largest absolute Gasteiger partial charge is 0.337 e. The van der Waals surface area contributed by atoms with E-state index in [2.05, 4.69) is 12.0 Å². The molecule has 0 unspecified atom stereocenters. The molecule has 1 aromatic heterocycles. The van der Waals surface area contributed by atoms with Crippen LogP contribution in [-0.2, 0) is 24.9 Å². The molecular formula is C19H28N4O2. The van der Waals surface area contributed by atoms with Crippen LogP contribution in [0.5, 0.6) is 0 Å². The van der Waals surface area contributed by atoms with Crippen molar-refractivity contribution in [3.8, 4) is 0 Å². The number of hydrogen-bond donors (Lipinski definition) is 0. The van der Waals surface area contributed by atoms with Crippen LogP contribution in [0.2, 0.25) is 0 Å². The smallest absolute Gasteiger partial charge is 0.274 e. The van der Waals surface area contributed by atoms with Gasteiger partial charge in [0.1, 0.15) is 0 Å². The molecule has 1 saturated heterocycles. The predicted molar refractivity (Wildman–Crippen MR) is 93.8 cm³/mol. The van der Waals surface area contributed by atoms with Gasteiger partial charge in [-0.25, -0.2) is 0 Å². The molecule has 0 aromatic carbocycles. The van der Waals surface area contributed by atoms with E-state index >= 15 is 0 Å². The van der Waals surface area contributed by atoms with E-state index in [1.165, 1.54) is 6.42 Å². The molecule has 0 N–H and O–H groups in total. The number of rotatable bonds is 2. The minimum Gasteiger partial charge on any atom is -0.337 e. The van der Waals surface area contributed by atoms with Gasteiger partial charge in [-0.1, -0.05) is 26.2 Å². The van der Waals surface area contributed by atoms with Crippen LogP contribution in [0.25, 0.3) is 0 Å². The van der Waals surface area contributed by atoms with Crippen molar-refractivity contribution in [3.05, 3.63) is 17.0 Å². The minimum absolute atomic E-state index is 0.0347. The summed E-state index contributed by atoms with van der Waals surface area (Å²) < 4.78 is 1.80. The molecule has 2 amide bonds. The maximum absolute atomic E-state index is 13.1. The van der Waals surface area contributed by atoms with E-state index in [9.17, 15) is 9.59 Å². The van der Waals surface area contributed by atoms with Crippen molar-refractivity contribution >= 4 is 11.8 Å². The molecule has 2 fully saturated rings. The summed E-state index contributed by atoms with van der Waals surface area (Å²) in [5.74, 6) is 0.287. The van der Waals surface area contributed by atoms with E-state index in [-0.39, 0.29) is 17.2 Å². The molecule has 1 saturated carbocycles. The second-order valence-corrected chi connectivity index (χ2v) is 8.18. The van der Waals surface area contributed by atoms with Crippen LogP contribution in [0.1, 0.15) is 73.6 Å². The highest BCUT2D eigenvalue weighted by Crippen LogP contribution is 2.39. The van der Waals surface area contributed by atoms with Crippen LogP contribution in [-0.4, -0.2) is 44.5 Å². The molecule has 1 aromatic rings. The summed E-state index contributed by atoms with van der Waals surface area (Å²) in [6, 6.07) is 0. The Morgan fingerprint density at radius 1 is 0.960 bits per heavy atom. The number of likely N-dealkylation sites (tertiary alicyclic amines) is 1. The zero-order valence-corrected chi connectivity index (χ0v) is 15.4. The standard InChI is InChI=1S/C19H28N4O2/c1-19(8-4-3-5-9-19)18(25)23-12-14-15(13-23)21(2)20-16(14)17(24)22-10-6-7-11-22/h3-13H2,1-2H3. The highest BCUT2D eigenvalue weighted by molar-refractivity contribution is 5.94. The number of carbonyl (C=O) groups excluding carboxylic acids is 2. The van der Waals surface area contributed by atoms with Gasteiger partial charge in [0.15, 0.2) is 5.69 Å². The van der Waals surface area contributed by atoms with Crippen LogP contribution in [0.15, 0.2) is 0 Å². The zero-order chi connectivity index (χ0) is 17.6. The molecular weight excluding hydrogens is 316 g/mol. The molecule has 4 rings (SSSR count). The van der Waals surface area contributed by atoms with Gasteiger partial charge in [0, 0.05) is 31.1 Å². The van der Waals surface area contributed by atoms with Crippen molar-refractivity contribution in [2.45, 2.75) is 65.0 Å². The molecule has 2 aliphatic heterocycles. The van der Waals surface area contributed by atoms with Gasteiger partial charge >= 0.3 is 0 Å². The topological polar surface area (TPSA) is 58.4 Å². The summed E-state index contributed by atoms with van der Waals surface area (Å²) in [4.78, 5) is 29.8. The Morgan fingerprint density at radius 2 is 1.64 bits per heavy atom. The maximum Gasteiger partial charge on any atom is 0.274 e. The van der Waals surface area contributed by atoms with Crippen LogP contribution < -0.4 is 0 Å². The SMILES string of the molecule is Cn1nc(C(=O)N2CCCC2)c2c1CN(C(=O)C1(C)CCCCC1)C2. The fourth-order valence-corrected chi connectivity index (χ4v) is 4.71. The summed E-state index contributed by atoms with van der Waals surface area (Å²) in [6.45, 7) is 4.88. The molecule has 0 atom stereocenters. The number of nitrogens with zero attached hydrogens (tertiary/aromatic N) is 4. The average molecular weight is 344 g/mol. The lowest BCUT2D eigenvalue weighted by Crippen LogP contribution is -2.41. The molecule has 0 radical (unpaired) electrons. The quantitative estimate of drug-likeness (QED) is 0.828. The van der Waals surface area contributed by atoms with Gasteiger partial charge in [-0.15, -0.1) is 0 Å². The van der Waals surface area contributed by atoms with Crippen molar-refractivity contribution in [2.24, 2.45) is 12.5 Å². The third-order valence-corrected chi connectivity index (χ3v) is 6.32. The molecule has 1 aliphatic carbocycles. The van der Waals surface area contributed by atoms with Crippen molar-refractivity contribution in [1.82, 2.24) is 19.6 Å². The van der Waals surface area contributed by atoms with Gasteiger partial charge in [-0.05, 0) is 25.7 Å². The van der Waals surface area contributed by atoms with Crippen LogP contribution in [0.4, 0.5) is 0 Å². The Hall–Kier alpha value is -1.85. The first-order valence-corrected chi connectivity index (χ1v) is 9.63. The van der Waals surface area contributed by atoms with Crippen molar-refractivity contribution in [1.29, 1.82) is 0 Å². The number of aryl methyl sites for hydroxylation is 1. The van der Waals surface area contributed by atoms with Crippen molar-refractivity contribution in [3.63, 3.8) is 0 Å². The Kier molecular flexibility index (Phi) is 4.08. The molecule has 0 spiro atoms. The summed E-state index contributed by atoms with van der Waals surface area (Å²) in [6.07, 6.45) is 7.63. The lowest BCUT2D eigenvalue weighted by molar-refractivity contribution is -0.143. The second-order valence-electron chi connectivity index (χ2n) is 8.18. The molecule has 3 aliphatic rings. The maximum atomic E-state index is 13.1. The summed E-state index contributed by atoms with van der Waals surface area (Å²) >= 11 is 0. The van der Waals surface area contributed by atoms with Gasteiger partial charge < -0.3 is 9.80 Å². The number of hydrogen-bond acceptors (Lipinski definition) is 3. The summed E-state index contributed by atoms with van der Waals surface area (Å²) in [7, 11) is 1.88. The van der Waals surface area contributed by atoms with E-state index in [4.69, 9.17) is 0 Å². The van der Waals surface area contributed by atoms with Gasteiger partial charge in [-0.3, -0.25) is 14.3 Å². The summed E-state index contributed by atoms with van der Waals surface area (Å²) in [5.41, 5.74) is 2.32. The van der Waals surface area contributed by atoms with E-state index in [0.717, 1.165) is 62.9 Å². The Labute approximate surface area is 149 Å². The Balaban J connectivity index is 1.55. The first kappa shape index (κ1) is 16.6. The number of aromatic nitrogens is 2. The van der Waals surface area contributed by atoms with Gasteiger partial charge in [0.25, 0.3) is 5.91 Å². The van der Waals surface area contributed by atoms with Gasteiger partial charge in [0.05, 0.1) is 18.8 Å². The molecule has 3 heterocycles. The first-order chi connectivity index (χ1) is 12.0. The van der Waals surface area contributed by atoms with Crippen molar-refractivity contribution in [2.75, 3.05) is 13.1 Å². The number of fused-ring (bicyclic) bond motifs is 1. The van der Waals surface area contributed by atoms with Crippen LogP contribution in [0, 0.1) is 5.41 Å². The molecule has 136 valence electrons. The molecule has 6 heteroatoms. The predicted octanol–water partition coefficient (Wildman–Crippen LogP) is 2.47. The zero-order valence-electron chi connectivity index (χ0n) is 15.4. The fourth-order valence-electron chi connectivity index (χ4n) is 4.71. The Bertz CT molecular complexity index is 697. The highest BCUT2D eigenvalue weighted by atomic mass is 16.2. The lowest BCUT2D eigenvalue weighted by atomic mass is 9.74. The monoisotopic (exact) mass is 344 g/mol. The number of carbonyl (C=O) groups is 2. The van der Waals surface area contributed by atoms with E-state index in [1.54, 1.807) is 4.68 Å². The van der Waals surface area contributed by atoms with Crippen LogP contribution >= 0.6 is 0 Å². The minimum atomic E-state index is -0.229. The average Bonchev–Trinajstić information content (AvgIpc) is 3.32. The van der Waals surface area contributed by atoms with Gasteiger partial charge in [-0.2, -0.15) is 5.10 Å².